The van der Waals surface area contributed by atoms with Crippen molar-refractivity contribution in [2.75, 3.05) is 25.9 Å². The van der Waals surface area contributed by atoms with Gasteiger partial charge in [0, 0.05) is 23.7 Å². The quantitative estimate of drug-likeness (QED) is 0.558. The Labute approximate surface area is 179 Å². The molecular weight excluding hydrogens is 388 g/mol. The Morgan fingerprint density at radius 1 is 1.28 bits per heavy atom. The molecule has 162 valence electrons. The minimum Gasteiger partial charge on any atom is -0.496 e. The summed E-state index contributed by atoms with van der Waals surface area (Å²) in [6.45, 7) is 6.49. The van der Waals surface area contributed by atoms with Gasteiger partial charge in [-0.15, -0.1) is 0 Å². The highest BCUT2D eigenvalue weighted by atomic mass is 35.5. The van der Waals surface area contributed by atoms with Crippen LogP contribution in [0.3, 0.4) is 0 Å². The van der Waals surface area contributed by atoms with E-state index in [0.717, 1.165) is 51.6 Å². The molecule has 3 saturated heterocycles. The number of nitrogens with one attached hydrogen (secondary N) is 1. The number of carbonyl (C=O) groups is 1. The summed E-state index contributed by atoms with van der Waals surface area (Å²) in [6, 6.07) is 3.37. The van der Waals surface area contributed by atoms with Crippen molar-refractivity contribution in [3.05, 3.63) is 22.7 Å². The Morgan fingerprint density at radius 2 is 1.90 bits per heavy atom. The van der Waals surface area contributed by atoms with E-state index in [0.29, 0.717) is 27.9 Å². The SMILES string of the molecule is CCCC(N)(CCC)C1C(NC(=O)c2cc(Cl)c(N)cc2OC)C2CCN1CC2. The number of halogens is 1. The predicted octanol–water partition coefficient (Wildman–Crippen LogP) is 3.42. The first-order chi connectivity index (χ1) is 13.8. The zero-order valence-electron chi connectivity index (χ0n) is 17.8. The number of amides is 1. The standard InChI is InChI=1S/C22H35ClN4O2/c1-4-8-22(25,9-5-2)20-19(14-6-10-27(20)11-7-14)26-21(28)15-12-16(23)17(24)13-18(15)29-3/h12-14,19-20H,4-11,24-25H2,1-3H3,(H,26,28). The number of hydrogen-bond acceptors (Lipinski definition) is 5. The van der Waals surface area contributed by atoms with Crippen LogP contribution in [0.5, 0.6) is 5.75 Å². The van der Waals surface area contributed by atoms with Gasteiger partial charge in [-0.2, -0.15) is 0 Å². The van der Waals surface area contributed by atoms with E-state index in [4.69, 9.17) is 27.8 Å². The van der Waals surface area contributed by atoms with Crippen LogP contribution < -0.4 is 21.5 Å². The summed E-state index contributed by atoms with van der Waals surface area (Å²) in [5.41, 5.74) is 13.4. The zero-order chi connectivity index (χ0) is 21.2. The lowest BCUT2D eigenvalue weighted by molar-refractivity contribution is -0.0287. The first kappa shape index (κ1) is 22.2. The number of methoxy groups -OCH3 is 1. The highest BCUT2D eigenvalue weighted by Crippen LogP contribution is 2.40. The lowest BCUT2D eigenvalue weighted by atomic mass is 9.68. The molecule has 1 amide bonds. The van der Waals surface area contributed by atoms with Gasteiger partial charge in [-0.05, 0) is 50.8 Å². The fraction of sp³-hybridized carbons (Fsp3) is 0.682. The van der Waals surface area contributed by atoms with Crippen molar-refractivity contribution in [2.45, 2.75) is 70.0 Å². The molecule has 0 radical (unpaired) electrons. The largest absolute Gasteiger partial charge is 0.496 e. The summed E-state index contributed by atoms with van der Waals surface area (Å²) < 4.78 is 5.39. The molecule has 2 atom stereocenters. The normalized spacial score (nSPS) is 26.4. The summed E-state index contributed by atoms with van der Waals surface area (Å²) in [5.74, 6) is 0.701. The van der Waals surface area contributed by atoms with Crippen molar-refractivity contribution in [2.24, 2.45) is 11.7 Å². The number of benzene rings is 1. The number of nitrogen functional groups attached to an aromatic ring is 1. The molecule has 5 N–H and O–H groups in total. The maximum absolute atomic E-state index is 13.3. The number of rotatable bonds is 8. The lowest BCUT2D eigenvalue weighted by Gasteiger charge is -2.57. The molecule has 29 heavy (non-hydrogen) atoms. The molecule has 1 aromatic rings. The van der Waals surface area contributed by atoms with Gasteiger partial charge in [-0.3, -0.25) is 9.69 Å². The van der Waals surface area contributed by atoms with Gasteiger partial charge < -0.3 is 21.5 Å². The van der Waals surface area contributed by atoms with Crippen LogP contribution in [-0.2, 0) is 0 Å². The van der Waals surface area contributed by atoms with Crippen molar-refractivity contribution < 1.29 is 9.53 Å². The Kier molecular flexibility index (Phi) is 6.97. The fourth-order valence-electron chi connectivity index (χ4n) is 5.46. The molecule has 6 nitrogen and oxygen atoms in total. The fourth-order valence-corrected chi connectivity index (χ4v) is 5.62. The molecular formula is C22H35ClN4O2. The maximum Gasteiger partial charge on any atom is 0.255 e. The summed E-state index contributed by atoms with van der Waals surface area (Å²) in [7, 11) is 1.53. The first-order valence-electron chi connectivity index (χ1n) is 10.8. The van der Waals surface area contributed by atoms with Gasteiger partial charge in [-0.1, -0.05) is 38.3 Å². The molecule has 0 saturated carbocycles. The zero-order valence-corrected chi connectivity index (χ0v) is 18.6. The molecule has 7 heteroatoms. The second-order valence-electron chi connectivity index (χ2n) is 8.62. The van der Waals surface area contributed by atoms with E-state index >= 15 is 0 Å². The van der Waals surface area contributed by atoms with Crippen molar-refractivity contribution >= 4 is 23.2 Å². The summed E-state index contributed by atoms with van der Waals surface area (Å²) in [6.07, 6.45) is 6.17. The first-order valence-corrected chi connectivity index (χ1v) is 11.2. The number of piperidine rings is 3. The number of nitrogens with zero attached hydrogens (tertiary/aromatic N) is 1. The molecule has 0 aliphatic carbocycles. The molecule has 3 heterocycles. The molecule has 2 unspecified atom stereocenters. The van der Waals surface area contributed by atoms with E-state index in [1.165, 1.54) is 7.11 Å². The van der Waals surface area contributed by atoms with Crippen molar-refractivity contribution in [3.8, 4) is 5.75 Å². The second kappa shape index (κ2) is 9.11. The maximum atomic E-state index is 13.3. The van der Waals surface area contributed by atoms with E-state index < -0.39 is 0 Å². The van der Waals surface area contributed by atoms with E-state index in [1.807, 2.05) is 0 Å². The van der Waals surface area contributed by atoms with Gasteiger partial charge >= 0.3 is 0 Å². The van der Waals surface area contributed by atoms with Crippen LogP contribution in [0.1, 0.15) is 62.7 Å². The summed E-state index contributed by atoms with van der Waals surface area (Å²) >= 11 is 6.19. The number of carbonyl (C=O) groups excluding carboxylic acids is 1. The Hall–Kier alpha value is -1.50. The third-order valence-corrected chi connectivity index (χ3v) is 7.02. The lowest BCUT2D eigenvalue weighted by Crippen LogP contribution is -2.73. The molecule has 1 aromatic carbocycles. The number of anilines is 1. The molecule has 4 rings (SSSR count). The average Bonchev–Trinajstić information content (AvgIpc) is 2.70. The van der Waals surface area contributed by atoms with Crippen LogP contribution in [0, 0.1) is 5.92 Å². The summed E-state index contributed by atoms with van der Waals surface area (Å²) in [4.78, 5) is 15.8. The Balaban J connectivity index is 1.91. The Bertz CT molecular complexity index is 728. The van der Waals surface area contributed by atoms with Crippen molar-refractivity contribution in [1.29, 1.82) is 0 Å². The van der Waals surface area contributed by atoms with E-state index in [9.17, 15) is 4.79 Å². The van der Waals surface area contributed by atoms with Crippen molar-refractivity contribution in [3.63, 3.8) is 0 Å². The summed E-state index contributed by atoms with van der Waals surface area (Å²) in [5, 5.41) is 3.67. The monoisotopic (exact) mass is 422 g/mol. The molecule has 0 aromatic heterocycles. The topological polar surface area (TPSA) is 93.6 Å². The molecule has 3 fully saturated rings. The van der Waals surface area contributed by atoms with Gasteiger partial charge in [-0.25, -0.2) is 0 Å². The number of nitrogens with two attached hydrogens (primary N) is 2. The van der Waals surface area contributed by atoms with E-state index in [-0.39, 0.29) is 23.5 Å². The van der Waals surface area contributed by atoms with Gasteiger partial charge in [0.2, 0.25) is 0 Å². The average molecular weight is 423 g/mol. The van der Waals surface area contributed by atoms with Gasteiger partial charge in [0.1, 0.15) is 5.75 Å². The van der Waals surface area contributed by atoms with Crippen LogP contribution in [0.25, 0.3) is 0 Å². The minimum atomic E-state index is -0.302. The van der Waals surface area contributed by atoms with E-state index in [1.54, 1.807) is 12.1 Å². The van der Waals surface area contributed by atoms with Crippen LogP contribution in [-0.4, -0.2) is 48.6 Å². The van der Waals surface area contributed by atoms with E-state index in [2.05, 4.69) is 24.1 Å². The Morgan fingerprint density at radius 3 is 2.45 bits per heavy atom. The van der Waals surface area contributed by atoms with Crippen molar-refractivity contribution in [1.82, 2.24) is 10.2 Å². The molecule has 0 spiro atoms. The number of fused-ring (bicyclic) bond motifs is 3. The highest BCUT2D eigenvalue weighted by molar-refractivity contribution is 6.33. The number of ether oxygens (including phenoxy) is 1. The van der Waals surface area contributed by atoms with Crippen LogP contribution in [0.15, 0.2) is 12.1 Å². The number of hydrogen-bond donors (Lipinski definition) is 3. The van der Waals surface area contributed by atoms with Gasteiger partial charge in [0.05, 0.1) is 23.4 Å². The third kappa shape index (κ3) is 4.35. The minimum absolute atomic E-state index is 0.0223. The molecule has 3 aliphatic rings. The smallest absolute Gasteiger partial charge is 0.255 e. The van der Waals surface area contributed by atoms with Crippen LogP contribution in [0.2, 0.25) is 5.02 Å². The molecule has 2 bridgehead atoms. The molecule has 3 aliphatic heterocycles. The van der Waals surface area contributed by atoms with Crippen LogP contribution >= 0.6 is 11.6 Å². The van der Waals surface area contributed by atoms with Crippen LogP contribution in [0.4, 0.5) is 5.69 Å². The highest BCUT2D eigenvalue weighted by Gasteiger charge is 2.50. The predicted molar refractivity (Wildman–Crippen MR) is 118 cm³/mol. The van der Waals surface area contributed by atoms with Gasteiger partial charge in [0.15, 0.2) is 0 Å². The second-order valence-corrected chi connectivity index (χ2v) is 9.03. The van der Waals surface area contributed by atoms with Gasteiger partial charge in [0.25, 0.3) is 5.91 Å². The third-order valence-electron chi connectivity index (χ3n) is 6.70.